The molecule has 10 nitrogen and oxygen atoms in total. The molecule has 2 N–H and O–H groups in total. The molecule has 1 aromatic heterocycles. The third-order valence-corrected chi connectivity index (χ3v) is 9.29. The number of hydrogen-bond acceptors (Lipinski definition) is 7. The lowest BCUT2D eigenvalue weighted by molar-refractivity contribution is -0.209. The highest BCUT2D eigenvalue weighted by atomic mass is 35.5. The number of carbonyl (C=O) groups is 4. The summed E-state index contributed by atoms with van der Waals surface area (Å²) in [6.45, 7) is 2.70. The van der Waals surface area contributed by atoms with Crippen LogP contribution in [-0.4, -0.2) is 65.2 Å². The number of nitrogens with one attached hydrogen (secondary N) is 2. The molecule has 0 bridgehead atoms. The standard InChI is InChI=1S/C34H40ClFN4O6/c1-4-31(42)38-34(40-15-7-8-16-40,46-23-13-11-21(12-14-23)33(44)45-3)30(41)18-22-17-26(35)28(19-27(22)36)37-32(43)25-20-39(2)29-10-6-5-9-24(25)29/h5-6,9-10,17,19-21,23H,4,7-8,11-16,18H2,1-3H3,(H,37,43)(H,38,42)/t21-,23-,34?. The van der Waals surface area contributed by atoms with E-state index in [4.69, 9.17) is 21.1 Å². The highest BCUT2D eigenvalue weighted by molar-refractivity contribution is 6.34. The summed E-state index contributed by atoms with van der Waals surface area (Å²) in [6, 6.07) is 9.87. The highest BCUT2D eigenvalue weighted by Crippen LogP contribution is 2.34. The number of rotatable bonds is 11. The predicted octanol–water partition coefficient (Wildman–Crippen LogP) is 5.36. The predicted molar refractivity (Wildman–Crippen MR) is 172 cm³/mol. The van der Waals surface area contributed by atoms with Crippen molar-refractivity contribution >= 4 is 51.8 Å². The number of ether oxygens (including phenoxy) is 2. The Kier molecular flexibility index (Phi) is 10.4. The largest absolute Gasteiger partial charge is 0.469 e. The van der Waals surface area contributed by atoms with Crippen molar-refractivity contribution in [3.05, 3.63) is 64.6 Å². The first-order valence-corrected chi connectivity index (χ1v) is 16.1. The number of para-hydroxylation sites is 1. The molecule has 2 fully saturated rings. The van der Waals surface area contributed by atoms with Crippen LogP contribution in [0.1, 0.15) is 67.8 Å². The van der Waals surface area contributed by atoms with Crippen LogP contribution in [0.5, 0.6) is 0 Å². The van der Waals surface area contributed by atoms with E-state index in [9.17, 15) is 19.2 Å². The number of Topliss-reactive ketones (excluding diaryl/α,β-unsaturated/α-hetero) is 1. The summed E-state index contributed by atoms with van der Waals surface area (Å²) in [7, 11) is 3.19. The van der Waals surface area contributed by atoms with Gasteiger partial charge in [-0.05, 0) is 62.3 Å². The Balaban J connectivity index is 1.39. The van der Waals surface area contributed by atoms with Gasteiger partial charge in [0.1, 0.15) is 5.82 Å². The molecule has 1 saturated heterocycles. The van der Waals surface area contributed by atoms with Crippen molar-refractivity contribution in [3.8, 4) is 0 Å². The number of anilines is 1. The third kappa shape index (κ3) is 6.96. The summed E-state index contributed by atoms with van der Waals surface area (Å²) in [5, 5.41) is 6.35. The zero-order chi connectivity index (χ0) is 33.0. The molecule has 1 atom stereocenters. The van der Waals surface area contributed by atoms with Gasteiger partial charge in [0.15, 0.2) is 0 Å². The lowest BCUT2D eigenvalue weighted by atomic mass is 9.87. The van der Waals surface area contributed by atoms with Gasteiger partial charge >= 0.3 is 5.97 Å². The Labute approximate surface area is 272 Å². The second-order valence-corrected chi connectivity index (χ2v) is 12.4. The van der Waals surface area contributed by atoms with Crippen molar-refractivity contribution in [2.24, 2.45) is 13.0 Å². The number of nitrogens with zero attached hydrogens (tertiary/aromatic N) is 2. The van der Waals surface area contributed by atoms with Gasteiger partial charge in [-0.25, -0.2) is 4.39 Å². The second kappa shape index (κ2) is 14.3. The normalized spacial score (nSPS) is 19.8. The third-order valence-electron chi connectivity index (χ3n) is 8.98. The summed E-state index contributed by atoms with van der Waals surface area (Å²) in [5.74, 6) is -4.44. The molecular formula is C34H40ClFN4O6. The molecule has 3 aromatic rings. The van der Waals surface area contributed by atoms with Crippen LogP contribution < -0.4 is 10.6 Å². The molecule has 246 valence electrons. The average Bonchev–Trinajstić information content (AvgIpc) is 3.72. The van der Waals surface area contributed by atoms with Crippen LogP contribution in [0.15, 0.2) is 42.6 Å². The maximum Gasteiger partial charge on any atom is 0.308 e. The smallest absolute Gasteiger partial charge is 0.308 e. The number of methoxy groups -OCH3 is 1. The second-order valence-electron chi connectivity index (χ2n) is 12.0. The van der Waals surface area contributed by atoms with Crippen LogP contribution in [0.2, 0.25) is 5.02 Å². The average molecular weight is 655 g/mol. The van der Waals surface area contributed by atoms with E-state index in [0.29, 0.717) is 44.3 Å². The Bertz CT molecular complexity index is 1630. The molecule has 46 heavy (non-hydrogen) atoms. The van der Waals surface area contributed by atoms with E-state index in [1.165, 1.54) is 13.2 Å². The van der Waals surface area contributed by atoms with Crippen LogP contribution in [0.25, 0.3) is 10.9 Å². The van der Waals surface area contributed by atoms with Crippen molar-refractivity contribution in [3.63, 3.8) is 0 Å². The van der Waals surface area contributed by atoms with Gasteiger partial charge in [0.05, 0.1) is 35.4 Å². The number of aromatic nitrogens is 1. The number of benzene rings is 2. The van der Waals surface area contributed by atoms with Crippen molar-refractivity contribution < 1.29 is 33.0 Å². The molecule has 1 saturated carbocycles. The van der Waals surface area contributed by atoms with E-state index in [2.05, 4.69) is 10.6 Å². The van der Waals surface area contributed by atoms with E-state index in [1.807, 2.05) is 40.8 Å². The molecule has 1 unspecified atom stereocenters. The molecule has 2 aromatic carbocycles. The van der Waals surface area contributed by atoms with E-state index < -0.39 is 35.9 Å². The Morgan fingerprint density at radius 1 is 1.07 bits per heavy atom. The number of esters is 1. The summed E-state index contributed by atoms with van der Waals surface area (Å²) in [4.78, 5) is 54.2. The van der Waals surface area contributed by atoms with Gasteiger partial charge in [-0.2, -0.15) is 0 Å². The fourth-order valence-electron chi connectivity index (χ4n) is 6.45. The lowest BCUT2D eigenvalue weighted by Crippen LogP contribution is -2.68. The van der Waals surface area contributed by atoms with Crippen molar-refractivity contribution in [2.75, 3.05) is 25.5 Å². The highest BCUT2D eigenvalue weighted by Gasteiger charge is 2.49. The minimum absolute atomic E-state index is 0.00507. The monoisotopic (exact) mass is 654 g/mol. The molecule has 2 heterocycles. The molecule has 0 spiro atoms. The summed E-state index contributed by atoms with van der Waals surface area (Å²) < 4.78 is 28.9. The Morgan fingerprint density at radius 3 is 2.43 bits per heavy atom. The Hall–Kier alpha value is -3.80. The van der Waals surface area contributed by atoms with Crippen LogP contribution in [0, 0.1) is 11.7 Å². The minimum Gasteiger partial charge on any atom is -0.469 e. The molecule has 0 radical (unpaired) electrons. The number of fused-ring (bicyclic) bond motifs is 1. The number of halogens is 2. The fourth-order valence-corrected chi connectivity index (χ4v) is 6.69. The van der Waals surface area contributed by atoms with E-state index in [-0.39, 0.29) is 40.5 Å². The van der Waals surface area contributed by atoms with Gasteiger partial charge in [-0.1, -0.05) is 36.7 Å². The van der Waals surface area contributed by atoms with Crippen LogP contribution in [0.3, 0.4) is 0 Å². The van der Waals surface area contributed by atoms with Crippen molar-refractivity contribution in [1.29, 1.82) is 0 Å². The topological polar surface area (TPSA) is 119 Å². The van der Waals surface area contributed by atoms with Gasteiger partial charge in [0.25, 0.3) is 11.8 Å². The van der Waals surface area contributed by atoms with Crippen LogP contribution in [-0.2, 0) is 37.3 Å². The first kappa shape index (κ1) is 33.6. The maximum absolute atomic E-state index is 15.7. The molecule has 2 aliphatic rings. The van der Waals surface area contributed by atoms with Gasteiger partial charge in [0.2, 0.25) is 11.7 Å². The fraction of sp³-hybridized carbons (Fsp3) is 0.471. The molecule has 5 rings (SSSR count). The number of amides is 2. The number of hydrogen-bond donors (Lipinski definition) is 2. The van der Waals surface area contributed by atoms with Crippen molar-refractivity contribution in [2.45, 2.75) is 70.2 Å². The molecular weight excluding hydrogens is 615 g/mol. The number of ketones is 1. The van der Waals surface area contributed by atoms with Gasteiger partial charge in [-0.15, -0.1) is 0 Å². The first-order chi connectivity index (χ1) is 22.1. The number of likely N-dealkylation sites (tertiary alicyclic amines) is 1. The zero-order valence-electron chi connectivity index (χ0n) is 26.4. The van der Waals surface area contributed by atoms with E-state index >= 15 is 4.39 Å². The lowest BCUT2D eigenvalue weighted by Gasteiger charge is -2.43. The summed E-state index contributed by atoms with van der Waals surface area (Å²) in [5.41, 5.74) is 1.35. The number of aryl methyl sites for hydroxylation is 1. The van der Waals surface area contributed by atoms with E-state index in [0.717, 1.165) is 29.8 Å². The van der Waals surface area contributed by atoms with Gasteiger partial charge in [-0.3, -0.25) is 24.1 Å². The molecule has 12 heteroatoms. The van der Waals surface area contributed by atoms with Crippen LogP contribution >= 0.6 is 11.6 Å². The van der Waals surface area contributed by atoms with Crippen LogP contribution in [0.4, 0.5) is 10.1 Å². The Morgan fingerprint density at radius 2 is 1.76 bits per heavy atom. The zero-order valence-corrected chi connectivity index (χ0v) is 27.1. The molecule has 1 aliphatic carbocycles. The maximum atomic E-state index is 15.7. The molecule has 1 aliphatic heterocycles. The van der Waals surface area contributed by atoms with E-state index in [1.54, 1.807) is 13.1 Å². The van der Waals surface area contributed by atoms with Gasteiger partial charge in [0, 0.05) is 50.1 Å². The number of carbonyl (C=O) groups excluding carboxylic acids is 4. The quantitative estimate of drug-likeness (QED) is 0.211. The summed E-state index contributed by atoms with van der Waals surface area (Å²) >= 11 is 6.55. The SMILES string of the molecule is CCC(=O)NC(O[C@H]1CC[C@H](C(=O)OC)CC1)(C(=O)Cc1cc(Cl)c(NC(=O)c2cn(C)c3ccccc23)cc1F)N1CCCC1. The van der Waals surface area contributed by atoms with Gasteiger partial charge < -0.3 is 24.7 Å². The molecule has 2 amide bonds. The summed E-state index contributed by atoms with van der Waals surface area (Å²) in [6.07, 6.45) is 4.64. The first-order valence-electron chi connectivity index (χ1n) is 15.7. The van der Waals surface area contributed by atoms with Crippen molar-refractivity contribution in [1.82, 2.24) is 14.8 Å². The minimum atomic E-state index is -1.81.